The molecule has 0 saturated carbocycles. The number of rotatable bonds is 4. The Morgan fingerprint density at radius 3 is 2.84 bits per heavy atom. The molecule has 0 aliphatic rings. The number of nitrogens with zero attached hydrogens (tertiary/aromatic N) is 3. The third-order valence-electron chi connectivity index (χ3n) is 2.66. The van der Waals surface area contributed by atoms with Crippen LogP contribution in [0.2, 0.25) is 0 Å². The summed E-state index contributed by atoms with van der Waals surface area (Å²) < 4.78 is 1.47. The predicted molar refractivity (Wildman–Crippen MR) is 75.7 cm³/mol. The van der Waals surface area contributed by atoms with Crippen molar-refractivity contribution in [2.45, 2.75) is 13.0 Å². The molecule has 6 nitrogen and oxygen atoms in total. The maximum Gasteiger partial charge on any atom is 0.249 e. The van der Waals surface area contributed by atoms with Gasteiger partial charge in [0.2, 0.25) is 5.91 Å². The normalized spacial score (nSPS) is 11.8. The number of carbonyl (C=O) groups excluding carboxylic acids is 1. The summed E-state index contributed by atoms with van der Waals surface area (Å²) in [5.74, 6) is -0.214. The minimum Gasteiger partial charge on any atom is -0.389 e. The first-order valence-corrected chi connectivity index (χ1v) is 6.04. The summed E-state index contributed by atoms with van der Waals surface area (Å²) in [6, 6.07) is 6.66. The first-order valence-electron chi connectivity index (χ1n) is 5.63. The molecular formula is C12H13N5OS. The highest BCUT2D eigenvalue weighted by Crippen LogP contribution is 2.16. The zero-order chi connectivity index (χ0) is 13.8. The zero-order valence-electron chi connectivity index (χ0n) is 10.3. The molecule has 1 amide bonds. The van der Waals surface area contributed by atoms with Crippen LogP contribution in [0.25, 0.3) is 0 Å². The Morgan fingerprint density at radius 2 is 2.21 bits per heavy atom. The van der Waals surface area contributed by atoms with E-state index < -0.39 is 6.04 Å². The lowest BCUT2D eigenvalue weighted by molar-refractivity contribution is -0.119. The Hall–Kier alpha value is -2.28. The SMILES string of the molecule is CC(C(=O)Nc1ccccc1C(N)=S)n1cncn1. The van der Waals surface area contributed by atoms with Gasteiger partial charge in [0.1, 0.15) is 23.7 Å². The van der Waals surface area contributed by atoms with Gasteiger partial charge in [0.15, 0.2) is 0 Å². The van der Waals surface area contributed by atoms with Gasteiger partial charge in [-0.15, -0.1) is 0 Å². The molecule has 0 aliphatic heterocycles. The molecule has 0 saturated heterocycles. The Morgan fingerprint density at radius 1 is 1.47 bits per heavy atom. The van der Waals surface area contributed by atoms with Crippen LogP contribution in [0.3, 0.4) is 0 Å². The van der Waals surface area contributed by atoms with E-state index in [0.29, 0.717) is 11.3 Å². The molecule has 0 bridgehead atoms. The molecule has 1 aromatic carbocycles. The van der Waals surface area contributed by atoms with Gasteiger partial charge in [0, 0.05) is 5.56 Å². The number of amides is 1. The molecule has 0 spiro atoms. The fourth-order valence-corrected chi connectivity index (χ4v) is 1.76. The molecular weight excluding hydrogens is 262 g/mol. The molecule has 0 radical (unpaired) electrons. The van der Waals surface area contributed by atoms with Crippen LogP contribution in [0.15, 0.2) is 36.9 Å². The molecule has 3 N–H and O–H groups in total. The van der Waals surface area contributed by atoms with Crippen LogP contribution < -0.4 is 11.1 Å². The first-order chi connectivity index (χ1) is 9.09. The number of benzene rings is 1. The molecule has 0 aliphatic carbocycles. The Balaban J connectivity index is 2.18. The first kappa shape index (κ1) is 13.2. The Kier molecular flexibility index (Phi) is 3.86. The zero-order valence-corrected chi connectivity index (χ0v) is 11.1. The van der Waals surface area contributed by atoms with E-state index in [4.69, 9.17) is 18.0 Å². The fourth-order valence-electron chi connectivity index (χ4n) is 1.58. The predicted octanol–water partition coefficient (Wildman–Crippen LogP) is 1.11. The van der Waals surface area contributed by atoms with E-state index in [9.17, 15) is 4.79 Å². The van der Waals surface area contributed by atoms with Crippen LogP contribution >= 0.6 is 12.2 Å². The molecule has 1 atom stereocenters. The van der Waals surface area contributed by atoms with E-state index in [-0.39, 0.29) is 10.9 Å². The van der Waals surface area contributed by atoms with Crippen molar-refractivity contribution in [2.24, 2.45) is 5.73 Å². The van der Waals surface area contributed by atoms with Crippen molar-refractivity contribution in [3.63, 3.8) is 0 Å². The minimum atomic E-state index is -0.470. The highest BCUT2D eigenvalue weighted by atomic mass is 32.1. The van der Waals surface area contributed by atoms with Gasteiger partial charge in [-0.2, -0.15) is 5.10 Å². The highest BCUT2D eigenvalue weighted by Gasteiger charge is 2.17. The largest absolute Gasteiger partial charge is 0.389 e. The van der Waals surface area contributed by atoms with Crippen LogP contribution in [0.4, 0.5) is 5.69 Å². The van der Waals surface area contributed by atoms with E-state index in [1.54, 1.807) is 25.1 Å². The molecule has 1 unspecified atom stereocenters. The second kappa shape index (κ2) is 5.57. The second-order valence-corrected chi connectivity index (χ2v) is 4.39. The quantitative estimate of drug-likeness (QED) is 0.816. The average Bonchev–Trinajstić information content (AvgIpc) is 2.92. The van der Waals surface area contributed by atoms with Crippen LogP contribution in [0.1, 0.15) is 18.5 Å². The van der Waals surface area contributed by atoms with Crippen LogP contribution in [0, 0.1) is 0 Å². The van der Waals surface area contributed by atoms with E-state index in [2.05, 4.69) is 15.4 Å². The minimum absolute atomic E-state index is 0.214. The molecule has 1 aromatic heterocycles. The van der Waals surface area contributed by atoms with Gasteiger partial charge in [-0.25, -0.2) is 9.67 Å². The highest BCUT2D eigenvalue weighted by molar-refractivity contribution is 7.80. The van der Waals surface area contributed by atoms with Crippen molar-refractivity contribution >= 4 is 28.8 Å². The number of nitrogens with two attached hydrogens (primary N) is 1. The summed E-state index contributed by atoms with van der Waals surface area (Å²) in [4.78, 5) is 16.2. The van der Waals surface area contributed by atoms with Crippen LogP contribution in [-0.2, 0) is 4.79 Å². The third kappa shape index (κ3) is 2.94. The van der Waals surface area contributed by atoms with Gasteiger partial charge in [0.25, 0.3) is 0 Å². The summed E-state index contributed by atoms with van der Waals surface area (Å²) in [5.41, 5.74) is 6.84. The summed E-state index contributed by atoms with van der Waals surface area (Å²) in [5, 5.41) is 6.72. The van der Waals surface area contributed by atoms with Crippen molar-refractivity contribution in [1.29, 1.82) is 0 Å². The Labute approximate surface area is 115 Å². The van der Waals surface area contributed by atoms with E-state index in [1.165, 1.54) is 17.3 Å². The van der Waals surface area contributed by atoms with Gasteiger partial charge in [-0.3, -0.25) is 4.79 Å². The number of thiocarbonyl (C=S) groups is 1. The number of hydrogen-bond acceptors (Lipinski definition) is 4. The number of hydrogen-bond donors (Lipinski definition) is 2. The van der Waals surface area contributed by atoms with Gasteiger partial charge >= 0.3 is 0 Å². The van der Waals surface area contributed by atoms with E-state index in [1.807, 2.05) is 6.07 Å². The van der Waals surface area contributed by atoms with E-state index >= 15 is 0 Å². The fraction of sp³-hybridized carbons (Fsp3) is 0.167. The monoisotopic (exact) mass is 275 g/mol. The van der Waals surface area contributed by atoms with Gasteiger partial charge < -0.3 is 11.1 Å². The number of para-hydroxylation sites is 1. The lowest BCUT2D eigenvalue weighted by Gasteiger charge is -2.14. The standard InChI is InChI=1S/C12H13N5OS/c1-8(17-7-14-6-15-17)12(18)16-10-5-3-2-4-9(10)11(13)19/h2-8H,1H3,(H2,13,19)(H,16,18). The van der Waals surface area contributed by atoms with Gasteiger partial charge in [-0.05, 0) is 19.1 Å². The van der Waals surface area contributed by atoms with Gasteiger partial charge in [-0.1, -0.05) is 24.4 Å². The lowest BCUT2D eigenvalue weighted by atomic mass is 10.1. The summed E-state index contributed by atoms with van der Waals surface area (Å²) in [6.45, 7) is 1.73. The van der Waals surface area contributed by atoms with Gasteiger partial charge in [0.05, 0.1) is 5.69 Å². The maximum atomic E-state index is 12.1. The topological polar surface area (TPSA) is 85.8 Å². The number of nitrogens with one attached hydrogen (secondary N) is 1. The third-order valence-corrected chi connectivity index (χ3v) is 2.88. The van der Waals surface area contributed by atoms with Crippen molar-refractivity contribution in [3.8, 4) is 0 Å². The van der Waals surface area contributed by atoms with Crippen molar-refractivity contribution in [2.75, 3.05) is 5.32 Å². The summed E-state index contributed by atoms with van der Waals surface area (Å²) >= 11 is 4.95. The van der Waals surface area contributed by atoms with Crippen LogP contribution in [-0.4, -0.2) is 25.7 Å². The molecule has 98 valence electrons. The molecule has 7 heteroatoms. The van der Waals surface area contributed by atoms with Crippen LogP contribution in [0.5, 0.6) is 0 Å². The lowest BCUT2D eigenvalue weighted by Crippen LogP contribution is -2.25. The summed E-state index contributed by atoms with van der Waals surface area (Å²) in [7, 11) is 0. The second-order valence-electron chi connectivity index (χ2n) is 3.95. The molecule has 2 rings (SSSR count). The number of aromatic nitrogens is 3. The van der Waals surface area contributed by atoms with Crippen molar-refractivity contribution < 1.29 is 4.79 Å². The number of anilines is 1. The molecule has 1 heterocycles. The maximum absolute atomic E-state index is 12.1. The average molecular weight is 275 g/mol. The Bertz CT molecular complexity index is 596. The molecule has 0 fully saturated rings. The van der Waals surface area contributed by atoms with Crippen molar-refractivity contribution in [3.05, 3.63) is 42.5 Å². The molecule has 2 aromatic rings. The van der Waals surface area contributed by atoms with E-state index in [0.717, 1.165) is 0 Å². The summed E-state index contributed by atoms with van der Waals surface area (Å²) in [6.07, 6.45) is 2.87. The van der Waals surface area contributed by atoms with Crippen molar-refractivity contribution in [1.82, 2.24) is 14.8 Å². The smallest absolute Gasteiger partial charge is 0.249 e. The molecule has 19 heavy (non-hydrogen) atoms. The number of carbonyl (C=O) groups is 1.